The molecule has 0 aliphatic heterocycles. The molecule has 2 aromatic rings. The average molecular weight is 217 g/mol. The van der Waals surface area contributed by atoms with E-state index in [1.807, 2.05) is 24.0 Å². The zero-order valence-electron chi connectivity index (χ0n) is 9.51. The van der Waals surface area contributed by atoms with Gasteiger partial charge in [-0.3, -0.25) is 4.68 Å². The molecule has 2 heterocycles. The summed E-state index contributed by atoms with van der Waals surface area (Å²) >= 11 is 0. The number of nitrogen functional groups attached to an aromatic ring is 1. The highest BCUT2D eigenvalue weighted by Gasteiger charge is 2.07. The van der Waals surface area contributed by atoms with Gasteiger partial charge in [-0.15, -0.1) is 0 Å². The lowest BCUT2D eigenvalue weighted by atomic mass is 10.1. The smallest absolute Gasteiger partial charge is 0.220 e. The molecule has 5 heteroatoms. The summed E-state index contributed by atoms with van der Waals surface area (Å²) in [5, 5.41) is 4.27. The van der Waals surface area contributed by atoms with Gasteiger partial charge in [0.25, 0.3) is 0 Å². The third-order valence-electron chi connectivity index (χ3n) is 2.35. The lowest BCUT2D eigenvalue weighted by molar-refractivity contribution is 0.603. The lowest BCUT2D eigenvalue weighted by Crippen LogP contribution is -1.98. The molecule has 0 bridgehead atoms. The molecule has 0 aliphatic rings. The van der Waals surface area contributed by atoms with Crippen molar-refractivity contribution in [1.29, 1.82) is 0 Å². The first-order valence-corrected chi connectivity index (χ1v) is 5.32. The standard InChI is InChI=1S/C11H15N5/c1-3-4-16-7-9(6-14-16)10-8(2)5-13-11(12)15-10/h5-7H,3-4H2,1-2H3,(H2,12,13,15). The molecule has 0 atom stereocenters. The van der Waals surface area contributed by atoms with Crippen LogP contribution in [0.2, 0.25) is 0 Å². The van der Waals surface area contributed by atoms with Crippen LogP contribution in [0.4, 0.5) is 5.95 Å². The molecule has 0 spiro atoms. The maximum Gasteiger partial charge on any atom is 0.220 e. The molecule has 0 aromatic carbocycles. The third-order valence-corrected chi connectivity index (χ3v) is 2.35. The monoisotopic (exact) mass is 217 g/mol. The second kappa shape index (κ2) is 4.30. The first-order chi connectivity index (χ1) is 7.70. The molecule has 0 saturated heterocycles. The summed E-state index contributed by atoms with van der Waals surface area (Å²) in [7, 11) is 0. The first kappa shape index (κ1) is 10.6. The average Bonchev–Trinajstić information content (AvgIpc) is 2.71. The van der Waals surface area contributed by atoms with Gasteiger partial charge in [-0.1, -0.05) is 6.92 Å². The van der Waals surface area contributed by atoms with Crippen molar-refractivity contribution in [2.75, 3.05) is 5.73 Å². The normalized spacial score (nSPS) is 10.6. The molecule has 2 aromatic heterocycles. The Morgan fingerprint density at radius 3 is 2.94 bits per heavy atom. The Hall–Kier alpha value is -1.91. The summed E-state index contributed by atoms with van der Waals surface area (Å²) in [5.41, 5.74) is 8.43. The van der Waals surface area contributed by atoms with Gasteiger partial charge in [-0.25, -0.2) is 9.97 Å². The fourth-order valence-electron chi connectivity index (χ4n) is 1.59. The second-order valence-corrected chi connectivity index (χ2v) is 3.75. The van der Waals surface area contributed by atoms with Crippen LogP contribution in [0.25, 0.3) is 11.3 Å². The second-order valence-electron chi connectivity index (χ2n) is 3.75. The molecule has 2 rings (SSSR count). The van der Waals surface area contributed by atoms with Gasteiger partial charge >= 0.3 is 0 Å². The molecule has 2 N–H and O–H groups in total. The van der Waals surface area contributed by atoms with Crippen molar-refractivity contribution in [2.45, 2.75) is 26.8 Å². The topological polar surface area (TPSA) is 69.6 Å². The van der Waals surface area contributed by atoms with Gasteiger partial charge < -0.3 is 5.73 Å². The van der Waals surface area contributed by atoms with Crippen molar-refractivity contribution in [3.63, 3.8) is 0 Å². The molecular weight excluding hydrogens is 202 g/mol. The van der Waals surface area contributed by atoms with Crippen molar-refractivity contribution >= 4 is 5.95 Å². The maximum atomic E-state index is 5.58. The molecule has 0 aliphatic carbocycles. The summed E-state index contributed by atoms with van der Waals surface area (Å²) in [6, 6.07) is 0. The molecule has 5 nitrogen and oxygen atoms in total. The number of hydrogen-bond acceptors (Lipinski definition) is 4. The van der Waals surface area contributed by atoms with E-state index in [0.29, 0.717) is 5.95 Å². The summed E-state index contributed by atoms with van der Waals surface area (Å²) in [6.45, 7) is 5.00. The number of anilines is 1. The van der Waals surface area contributed by atoms with Gasteiger partial charge in [0.05, 0.1) is 11.9 Å². The zero-order valence-corrected chi connectivity index (χ0v) is 9.51. The highest BCUT2D eigenvalue weighted by molar-refractivity contribution is 5.61. The number of aryl methyl sites for hydroxylation is 2. The Balaban J connectivity index is 2.38. The largest absolute Gasteiger partial charge is 0.368 e. The molecule has 0 fully saturated rings. The Morgan fingerprint density at radius 1 is 1.38 bits per heavy atom. The van der Waals surface area contributed by atoms with E-state index in [9.17, 15) is 0 Å². The van der Waals surface area contributed by atoms with Crippen molar-refractivity contribution in [2.24, 2.45) is 0 Å². The van der Waals surface area contributed by atoms with Crippen LogP contribution in [-0.2, 0) is 6.54 Å². The predicted molar refractivity (Wildman–Crippen MR) is 62.7 cm³/mol. The molecule has 0 saturated carbocycles. The SMILES string of the molecule is CCCn1cc(-c2nc(N)ncc2C)cn1. The highest BCUT2D eigenvalue weighted by atomic mass is 15.3. The van der Waals surface area contributed by atoms with Gasteiger partial charge in [0, 0.05) is 24.5 Å². The van der Waals surface area contributed by atoms with Crippen molar-refractivity contribution in [3.8, 4) is 11.3 Å². The number of rotatable bonds is 3. The summed E-state index contributed by atoms with van der Waals surface area (Å²) in [6.07, 6.45) is 6.59. The van der Waals surface area contributed by atoms with Crippen molar-refractivity contribution < 1.29 is 0 Å². The van der Waals surface area contributed by atoms with Crippen molar-refractivity contribution in [1.82, 2.24) is 19.7 Å². The molecule has 16 heavy (non-hydrogen) atoms. The van der Waals surface area contributed by atoms with E-state index < -0.39 is 0 Å². The van der Waals surface area contributed by atoms with Gasteiger partial charge in [0.2, 0.25) is 5.95 Å². The number of hydrogen-bond donors (Lipinski definition) is 1. The van der Waals surface area contributed by atoms with E-state index >= 15 is 0 Å². The lowest BCUT2D eigenvalue weighted by Gasteiger charge is -2.01. The molecule has 0 amide bonds. The minimum absolute atomic E-state index is 0.295. The van der Waals surface area contributed by atoms with Gasteiger partial charge in [-0.2, -0.15) is 5.10 Å². The fourth-order valence-corrected chi connectivity index (χ4v) is 1.59. The van der Waals surface area contributed by atoms with Crippen LogP contribution in [0.5, 0.6) is 0 Å². The van der Waals surface area contributed by atoms with Gasteiger partial charge in [0.1, 0.15) is 0 Å². The number of nitrogens with two attached hydrogens (primary N) is 1. The number of aromatic nitrogens is 4. The van der Waals surface area contributed by atoms with Crippen LogP contribution in [0.3, 0.4) is 0 Å². The molecule has 84 valence electrons. The Morgan fingerprint density at radius 2 is 2.19 bits per heavy atom. The quantitative estimate of drug-likeness (QED) is 0.848. The predicted octanol–water partition coefficient (Wildman–Crippen LogP) is 1.64. The maximum absolute atomic E-state index is 5.58. The van der Waals surface area contributed by atoms with Crippen molar-refractivity contribution in [3.05, 3.63) is 24.2 Å². The first-order valence-electron chi connectivity index (χ1n) is 5.32. The van der Waals surface area contributed by atoms with Gasteiger partial charge in [0.15, 0.2) is 0 Å². The van der Waals surface area contributed by atoms with E-state index in [2.05, 4.69) is 22.0 Å². The molecule has 0 unspecified atom stereocenters. The Kier molecular flexibility index (Phi) is 2.85. The fraction of sp³-hybridized carbons (Fsp3) is 0.364. The minimum atomic E-state index is 0.295. The Labute approximate surface area is 94.3 Å². The van der Waals surface area contributed by atoms with E-state index in [1.54, 1.807) is 6.20 Å². The van der Waals surface area contributed by atoms with Gasteiger partial charge in [-0.05, 0) is 18.9 Å². The van der Waals surface area contributed by atoms with E-state index in [0.717, 1.165) is 29.8 Å². The highest BCUT2D eigenvalue weighted by Crippen LogP contribution is 2.20. The van der Waals surface area contributed by atoms with Crippen LogP contribution < -0.4 is 5.73 Å². The van der Waals surface area contributed by atoms with E-state index in [-0.39, 0.29) is 0 Å². The summed E-state index contributed by atoms with van der Waals surface area (Å²) in [4.78, 5) is 8.18. The van der Waals surface area contributed by atoms with E-state index in [4.69, 9.17) is 5.73 Å². The van der Waals surface area contributed by atoms with Crippen LogP contribution >= 0.6 is 0 Å². The molecule has 0 radical (unpaired) electrons. The molecular formula is C11H15N5. The van der Waals surface area contributed by atoms with Crippen LogP contribution in [-0.4, -0.2) is 19.7 Å². The minimum Gasteiger partial charge on any atom is -0.368 e. The van der Waals surface area contributed by atoms with E-state index in [1.165, 1.54) is 0 Å². The summed E-state index contributed by atoms with van der Waals surface area (Å²) < 4.78 is 1.91. The summed E-state index contributed by atoms with van der Waals surface area (Å²) in [5.74, 6) is 0.295. The number of nitrogens with zero attached hydrogens (tertiary/aromatic N) is 4. The van der Waals surface area contributed by atoms with Crippen LogP contribution in [0.1, 0.15) is 18.9 Å². The third kappa shape index (κ3) is 2.03. The Bertz CT molecular complexity index is 489. The zero-order chi connectivity index (χ0) is 11.5. The van der Waals surface area contributed by atoms with Crippen LogP contribution in [0.15, 0.2) is 18.6 Å². The van der Waals surface area contributed by atoms with Crippen LogP contribution in [0, 0.1) is 6.92 Å².